The van der Waals surface area contributed by atoms with Crippen LogP contribution in [0.5, 0.6) is 0 Å². The van der Waals surface area contributed by atoms with Crippen LogP contribution in [0, 0.1) is 11.8 Å². The van der Waals surface area contributed by atoms with Crippen molar-refractivity contribution in [2.75, 3.05) is 13.2 Å². The minimum atomic E-state index is -0.759. The van der Waals surface area contributed by atoms with E-state index in [1.54, 1.807) is 0 Å². The Hall–Kier alpha value is -1.59. The molecule has 0 rings (SSSR count). The molecule has 0 saturated heterocycles. The average molecular weight is 779 g/mol. The zero-order valence-electron chi connectivity index (χ0n) is 37.6. The van der Waals surface area contributed by atoms with Crippen LogP contribution in [-0.2, 0) is 28.6 Å². The van der Waals surface area contributed by atoms with Crippen LogP contribution in [0.15, 0.2) is 0 Å². The molecule has 0 aromatic heterocycles. The first-order chi connectivity index (χ1) is 26.8. The lowest BCUT2D eigenvalue weighted by molar-refractivity contribution is -0.167. The predicted octanol–water partition coefficient (Wildman–Crippen LogP) is 15.4. The van der Waals surface area contributed by atoms with Gasteiger partial charge in [-0.1, -0.05) is 227 Å². The monoisotopic (exact) mass is 779 g/mol. The molecule has 0 fully saturated rings. The third-order valence-electron chi connectivity index (χ3n) is 11.3. The third kappa shape index (κ3) is 41.9. The fourth-order valence-electron chi connectivity index (χ4n) is 7.25. The zero-order valence-corrected chi connectivity index (χ0v) is 37.6. The molecule has 0 aliphatic rings. The Labute approximate surface area is 342 Å². The van der Waals surface area contributed by atoms with Crippen LogP contribution in [0.1, 0.15) is 266 Å². The molecule has 0 spiro atoms. The van der Waals surface area contributed by atoms with Crippen LogP contribution in [0.25, 0.3) is 0 Å². The van der Waals surface area contributed by atoms with Crippen molar-refractivity contribution in [3.8, 4) is 0 Å². The van der Waals surface area contributed by atoms with E-state index in [1.807, 2.05) is 0 Å². The van der Waals surface area contributed by atoms with Crippen molar-refractivity contribution < 1.29 is 28.6 Å². The number of carbonyl (C=O) groups is 3. The normalized spacial score (nSPS) is 12.5. The Kier molecular flexibility index (Phi) is 40.8. The Bertz CT molecular complexity index is 841. The zero-order chi connectivity index (χ0) is 40.5. The maximum absolute atomic E-state index is 12.7. The fourth-order valence-corrected chi connectivity index (χ4v) is 7.25. The lowest BCUT2D eigenvalue weighted by Gasteiger charge is -2.18. The summed E-state index contributed by atoms with van der Waals surface area (Å²) in [6.07, 6.45) is 41.1. The summed E-state index contributed by atoms with van der Waals surface area (Å²) in [5.74, 6) is 0.855. The lowest BCUT2D eigenvalue weighted by Crippen LogP contribution is -2.30. The van der Waals surface area contributed by atoms with E-state index in [0.717, 1.165) is 76.0 Å². The molecule has 2 atom stereocenters. The molecule has 0 heterocycles. The Morgan fingerprint density at radius 1 is 0.382 bits per heavy atom. The molecule has 6 nitrogen and oxygen atoms in total. The van der Waals surface area contributed by atoms with E-state index in [0.29, 0.717) is 19.3 Å². The van der Waals surface area contributed by atoms with Crippen molar-refractivity contribution in [3.63, 3.8) is 0 Å². The van der Waals surface area contributed by atoms with E-state index in [2.05, 4.69) is 34.6 Å². The van der Waals surface area contributed by atoms with Crippen LogP contribution >= 0.6 is 0 Å². The predicted molar refractivity (Wildman–Crippen MR) is 233 cm³/mol. The summed E-state index contributed by atoms with van der Waals surface area (Å²) in [7, 11) is 0. The molecule has 0 amide bonds. The van der Waals surface area contributed by atoms with E-state index in [4.69, 9.17) is 14.2 Å². The van der Waals surface area contributed by atoms with Gasteiger partial charge in [-0.05, 0) is 31.1 Å². The minimum absolute atomic E-state index is 0.0653. The maximum atomic E-state index is 12.7. The standard InChI is InChI=1S/C49H94O6/c1-6-8-9-27-34-39-47(50)53-42-46(43-54-48(51)40-35-30-25-21-18-14-15-19-23-28-32-37-44(3)4)55-49(52)41-36-31-26-22-17-13-11-10-12-16-20-24-29-33-38-45(5)7-2/h44-46H,6-43H2,1-5H3/t45?,46-/m0/s1. The third-order valence-corrected chi connectivity index (χ3v) is 11.3. The molecule has 0 aliphatic heterocycles. The minimum Gasteiger partial charge on any atom is -0.462 e. The highest BCUT2D eigenvalue weighted by atomic mass is 16.6. The van der Waals surface area contributed by atoms with Gasteiger partial charge < -0.3 is 14.2 Å². The molecule has 0 radical (unpaired) electrons. The van der Waals surface area contributed by atoms with Crippen LogP contribution in [0.3, 0.4) is 0 Å². The topological polar surface area (TPSA) is 78.9 Å². The number of carbonyl (C=O) groups excluding carboxylic acids is 3. The van der Waals surface area contributed by atoms with Gasteiger partial charge in [0.15, 0.2) is 6.10 Å². The number of hydrogen-bond donors (Lipinski definition) is 0. The summed E-state index contributed by atoms with van der Waals surface area (Å²) in [4.78, 5) is 37.6. The molecule has 0 bridgehead atoms. The first kappa shape index (κ1) is 53.4. The SMILES string of the molecule is CCCCCCCC(=O)OC[C@@H](COC(=O)CCCCCCCCCCCCCC(C)C)OC(=O)CCCCCCCCCCCCCCCCC(C)CC. The van der Waals surface area contributed by atoms with Crippen molar-refractivity contribution in [2.45, 2.75) is 272 Å². The summed E-state index contributed by atoms with van der Waals surface area (Å²) in [6.45, 7) is 11.3. The Balaban J connectivity index is 4.15. The number of rotatable bonds is 43. The molecule has 0 aromatic rings. The Morgan fingerprint density at radius 2 is 0.691 bits per heavy atom. The van der Waals surface area contributed by atoms with Crippen molar-refractivity contribution >= 4 is 17.9 Å². The van der Waals surface area contributed by atoms with Gasteiger partial charge in [0.1, 0.15) is 13.2 Å². The highest BCUT2D eigenvalue weighted by Gasteiger charge is 2.19. The second-order valence-electron chi connectivity index (χ2n) is 17.5. The molecular weight excluding hydrogens is 685 g/mol. The van der Waals surface area contributed by atoms with Gasteiger partial charge >= 0.3 is 17.9 Å². The van der Waals surface area contributed by atoms with Crippen LogP contribution < -0.4 is 0 Å². The van der Waals surface area contributed by atoms with Crippen LogP contribution in [0.4, 0.5) is 0 Å². The largest absolute Gasteiger partial charge is 0.462 e. The second kappa shape index (κ2) is 42.0. The molecular formula is C49H94O6. The number of unbranched alkanes of at least 4 members (excludes halogenated alkanes) is 27. The highest BCUT2D eigenvalue weighted by Crippen LogP contribution is 2.17. The van der Waals surface area contributed by atoms with Gasteiger partial charge in [-0.15, -0.1) is 0 Å². The van der Waals surface area contributed by atoms with Crippen molar-refractivity contribution in [2.24, 2.45) is 11.8 Å². The summed E-state index contributed by atoms with van der Waals surface area (Å²) in [6, 6.07) is 0. The van der Waals surface area contributed by atoms with E-state index in [1.165, 1.54) is 148 Å². The second-order valence-corrected chi connectivity index (χ2v) is 17.5. The highest BCUT2D eigenvalue weighted by molar-refractivity contribution is 5.71. The van der Waals surface area contributed by atoms with E-state index in [9.17, 15) is 14.4 Å². The molecule has 55 heavy (non-hydrogen) atoms. The van der Waals surface area contributed by atoms with Crippen molar-refractivity contribution in [3.05, 3.63) is 0 Å². The van der Waals surface area contributed by atoms with E-state index in [-0.39, 0.29) is 31.1 Å². The number of hydrogen-bond acceptors (Lipinski definition) is 6. The average Bonchev–Trinajstić information content (AvgIpc) is 3.17. The molecule has 1 unspecified atom stereocenters. The molecule has 6 heteroatoms. The van der Waals surface area contributed by atoms with Crippen LogP contribution in [0.2, 0.25) is 0 Å². The van der Waals surface area contributed by atoms with Gasteiger partial charge in [0.25, 0.3) is 0 Å². The van der Waals surface area contributed by atoms with E-state index < -0.39 is 6.10 Å². The quantitative estimate of drug-likeness (QED) is 0.0348. The van der Waals surface area contributed by atoms with Gasteiger partial charge in [0.2, 0.25) is 0 Å². The van der Waals surface area contributed by atoms with Gasteiger partial charge in [-0.25, -0.2) is 0 Å². The van der Waals surface area contributed by atoms with Gasteiger partial charge in [-0.3, -0.25) is 14.4 Å². The van der Waals surface area contributed by atoms with Gasteiger partial charge in [-0.2, -0.15) is 0 Å². The summed E-state index contributed by atoms with van der Waals surface area (Å²) < 4.78 is 16.6. The molecule has 0 aliphatic carbocycles. The fraction of sp³-hybridized carbons (Fsp3) is 0.939. The first-order valence-electron chi connectivity index (χ1n) is 24.3. The number of ether oxygens (including phenoxy) is 3. The number of esters is 3. The summed E-state index contributed by atoms with van der Waals surface area (Å²) in [5.41, 5.74) is 0. The Morgan fingerprint density at radius 3 is 1.04 bits per heavy atom. The molecule has 0 saturated carbocycles. The summed E-state index contributed by atoms with van der Waals surface area (Å²) >= 11 is 0. The van der Waals surface area contributed by atoms with E-state index >= 15 is 0 Å². The molecule has 326 valence electrons. The lowest BCUT2D eigenvalue weighted by atomic mass is 9.99. The van der Waals surface area contributed by atoms with Gasteiger partial charge in [0.05, 0.1) is 0 Å². The maximum Gasteiger partial charge on any atom is 0.306 e. The molecule has 0 N–H and O–H groups in total. The van der Waals surface area contributed by atoms with Crippen molar-refractivity contribution in [1.29, 1.82) is 0 Å². The molecule has 0 aromatic carbocycles. The first-order valence-corrected chi connectivity index (χ1v) is 24.3. The van der Waals surface area contributed by atoms with Gasteiger partial charge in [0, 0.05) is 19.3 Å². The summed E-state index contributed by atoms with van der Waals surface area (Å²) in [5, 5.41) is 0. The van der Waals surface area contributed by atoms with Crippen molar-refractivity contribution in [1.82, 2.24) is 0 Å². The van der Waals surface area contributed by atoms with Crippen LogP contribution in [-0.4, -0.2) is 37.2 Å². The smallest absolute Gasteiger partial charge is 0.306 e.